The molecule has 1 unspecified atom stereocenters. The van der Waals surface area contributed by atoms with Crippen LogP contribution in [0.3, 0.4) is 0 Å². The van der Waals surface area contributed by atoms with Gasteiger partial charge in [0.05, 0.1) is 0 Å². The summed E-state index contributed by atoms with van der Waals surface area (Å²) in [5.41, 5.74) is -0.545. The second kappa shape index (κ2) is 6.35. The second-order valence-electron chi connectivity index (χ2n) is 6.67. The predicted octanol–water partition coefficient (Wildman–Crippen LogP) is 3.46. The van der Waals surface area contributed by atoms with Gasteiger partial charge in [-0.3, -0.25) is 9.59 Å². The summed E-state index contributed by atoms with van der Waals surface area (Å²) in [5, 5.41) is 0. The van der Waals surface area contributed by atoms with Crippen LogP contribution in [0.25, 0.3) is 0 Å². The van der Waals surface area contributed by atoms with E-state index in [4.69, 9.17) is 4.74 Å². The molecule has 0 saturated heterocycles. The lowest BCUT2D eigenvalue weighted by Gasteiger charge is -2.27. The van der Waals surface area contributed by atoms with Crippen molar-refractivity contribution in [2.75, 3.05) is 0 Å². The zero-order valence-corrected chi connectivity index (χ0v) is 13.0. The van der Waals surface area contributed by atoms with Gasteiger partial charge in [-0.25, -0.2) is 0 Å². The van der Waals surface area contributed by atoms with E-state index < -0.39 is 17.5 Å². The Morgan fingerprint density at radius 3 is 1.56 bits per heavy atom. The van der Waals surface area contributed by atoms with Crippen molar-refractivity contribution >= 4 is 11.8 Å². The summed E-state index contributed by atoms with van der Waals surface area (Å²) in [6, 6.07) is 0. The minimum Gasteiger partial charge on any atom is -0.459 e. The molecule has 0 aromatic heterocycles. The Morgan fingerprint density at radius 2 is 1.28 bits per heavy atom. The Kier molecular flexibility index (Phi) is 6.05. The highest BCUT2D eigenvalue weighted by Crippen LogP contribution is 2.26. The zero-order valence-electron chi connectivity index (χ0n) is 13.0. The number of hydrogen-bond donors (Lipinski definition) is 0. The third kappa shape index (κ3) is 5.19. The minimum absolute atomic E-state index is 0.00532. The molecular weight excluding hydrogens is 228 g/mol. The highest BCUT2D eigenvalue weighted by atomic mass is 16.6. The molecule has 0 aliphatic rings. The molecule has 0 bridgehead atoms. The van der Waals surface area contributed by atoms with Gasteiger partial charge in [0.25, 0.3) is 0 Å². The predicted molar refractivity (Wildman–Crippen MR) is 73.2 cm³/mol. The standard InChI is InChI=1S/C15H28O3/c1-9(2)12(10(3)4)13(16)11(5)14(17)18-15(6,7)8/h9-12H,1-8H3. The summed E-state index contributed by atoms with van der Waals surface area (Å²) in [5.74, 6) is -0.718. The summed E-state index contributed by atoms with van der Waals surface area (Å²) in [4.78, 5) is 24.3. The lowest BCUT2D eigenvalue weighted by atomic mass is 9.78. The highest BCUT2D eigenvalue weighted by Gasteiger charge is 2.34. The van der Waals surface area contributed by atoms with Crippen molar-refractivity contribution in [3.8, 4) is 0 Å². The average Bonchev–Trinajstić information content (AvgIpc) is 2.12. The summed E-state index contributed by atoms with van der Waals surface area (Å²) >= 11 is 0. The molecule has 0 saturated carbocycles. The Bertz CT molecular complexity index is 289. The van der Waals surface area contributed by atoms with Crippen molar-refractivity contribution in [2.24, 2.45) is 23.7 Å². The number of hydrogen-bond acceptors (Lipinski definition) is 3. The molecular formula is C15H28O3. The first kappa shape index (κ1) is 17.1. The van der Waals surface area contributed by atoms with Crippen LogP contribution in [0.1, 0.15) is 55.4 Å². The maximum absolute atomic E-state index is 12.4. The summed E-state index contributed by atoms with van der Waals surface area (Å²) in [7, 11) is 0. The fraction of sp³-hybridized carbons (Fsp3) is 0.867. The largest absolute Gasteiger partial charge is 0.459 e. The van der Waals surface area contributed by atoms with E-state index in [2.05, 4.69) is 0 Å². The van der Waals surface area contributed by atoms with Crippen LogP contribution in [-0.2, 0) is 14.3 Å². The summed E-state index contributed by atoms with van der Waals surface area (Å²) in [6.45, 7) is 15.1. The molecule has 1 atom stereocenters. The molecule has 0 N–H and O–H groups in total. The number of carbonyl (C=O) groups excluding carboxylic acids is 2. The molecule has 0 aromatic carbocycles. The normalized spacial score (nSPS) is 14.2. The second-order valence-corrected chi connectivity index (χ2v) is 6.67. The van der Waals surface area contributed by atoms with E-state index in [1.165, 1.54) is 0 Å². The first-order valence-electron chi connectivity index (χ1n) is 6.74. The summed E-state index contributed by atoms with van der Waals surface area (Å²) < 4.78 is 5.27. The fourth-order valence-corrected chi connectivity index (χ4v) is 2.22. The fourth-order valence-electron chi connectivity index (χ4n) is 2.22. The molecule has 0 aromatic rings. The first-order chi connectivity index (χ1) is 7.97. The quantitative estimate of drug-likeness (QED) is 0.559. The van der Waals surface area contributed by atoms with E-state index in [-0.39, 0.29) is 23.5 Å². The van der Waals surface area contributed by atoms with Gasteiger partial charge in [0, 0.05) is 5.92 Å². The average molecular weight is 256 g/mol. The molecule has 3 heteroatoms. The molecule has 0 radical (unpaired) electrons. The van der Waals surface area contributed by atoms with Crippen molar-refractivity contribution in [1.82, 2.24) is 0 Å². The van der Waals surface area contributed by atoms with Gasteiger partial charge in [-0.2, -0.15) is 0 Å². The molecule has 0 amide bonds. The maximum atomic E-state index is 12.4. The number of ether oxygens (including phenoxy) is 1. The summed E-state index contributed by atoms with van der Waals surface area (Å²) in [6.07, 6.45) is 0. The van der Waals surface area contributed by atoms with Gasteiger partial charge >= 0.3 is 5.97 Å². The van der Waals surface area contributed by atoms with Crippen molar-refractivity contribution < 1.29 is 14.3 Å². The van der Waals surface area contributed by atoms with Gasteiger partial charge in [0.1, 0.15) is 17.3 Å². The number of esters is 1. The number of carbonyl (C=O) groups is 2. The lowest BCUT2D eigenvalue weighted by Crippen LogP contribution is -2.37. The number of ketones is 1. The lowest BCUT2D eigenvalue weighted by molar-refractivity contribution is -0.162. The SMILES string of the molecule is CC(C(=O)OC(C)(C)C)C(=O)C(C(C)C)C(C)C. The molecule has 0 heterocycles. The molecule has 3 nitrogen and oxygen atoms in total. The monoisotopic (exact) mass is 256 g/mol. The van der Waals surface area contributed by atoms with Crippen molar-refractivity contribution in [1.29, 1.82) is 0 Å². The highest BCUT2D eigenvalue weighted by molar-refractivity contribution is 6.00. The Labute approximate surface area is 111 Å². The third-order valence-corrected chi connectivity index (χ3v) is 2.95. The molecule has 0 aliphatic carbocycles. The van der Waals surface area contributed by atoms with Crippen LogP contribution in [0, 0.1) is 23.7 Å². The topological polar surface area (TPSA) is 43.4 Å². The Hall–Kier alpha value is -0.860. The van der Waals surface area contributed by atoms with Crippen LogP contribution in [0.2, 0.25) is 0 Å². The first-order valence-corrected chi connectivity index (χ1v) is 6.74. The van der Waals surface area contributed by atoms with Gasteiger partial charge < -0.3 is 4.74 Å². The molecule has 0 aliphatic heterocycles. The van der Waals surface area contributed by atoms with Crippen LogP contribution in [0.4, 0.5) is 0 Å². The van der Waals surface area contributed by atoms with E-state index in [1.54, 1.807) is 6.92 Å². The van der Waals surface area contributed by atoms with Gasteiger partial charge in [-0.1, -0.05) is 27.7 Å². The molecule has 18 heavy (non-hydrogen) atoms. The smallest absolute Gasteiger partial charge is 0.316 e. The van der Waals surface area contributed by atoms with E-state index in [9.17, 15) is 9.59 Å². The zero-order chi connectivity index (χ0) is 14.7. The van der Waals surface area contributed by atoms with E-state index in [0.29, 0.717) is 0 Å². The third-order valence-electron chi connectivity index (χ3n) is 2.95. The van der Waals surface area contributed by atoms with Gasteiger partial charge in [0.2, 0.25) is 0 Å². The van der Waals surface area contributed by atoms with Crippen molar-refractivity contribution in [3.63, 3.8) is 0 Å². The van der Waals surface area contributed by atoms with Crippen LogP contribution in [0.15, 0.2) is 0 Å². The Balaban J connectivity index is 4.82. The van der Waals surface area contributed by atoms with Gasteiger partial charge in [-0.15, -0.1) is 0 Å². The number of rotatable bonds is 5. The minimum atomic E-state index is -0.681. The molecule has 0 fully saturated rings. The van der Waals surface area contributed by atoms with Crippen LogP contribution in [0.5, 0.6) is 0 Å². The van der Waals surface area contributed by atoms with Crippen LogP contribution >= 0.6 is 0 Å². The van der Waals surface area contributed by atoms with Crippen molar-refractivity contribution in [3.05, 3.63) is 0 Å². The van der Waals surface area contributed by atoms with Crippen LogP contribution < -0.4 is 0 Å². The van der Waals surface area contributed by atoms with E-state index in [0.717, 1.165) is 0 Å². The maximum Gasteiger partial charge on any atom is 0.316 e. The van der Waals surface area contributed by atoms with E-state index in [1.807, 2.05) is 48.5 Å². The molecule has 106 valence electrons. The van der Waals surface area contributed by atoms with Crippen molar-refractivity contribution in [2.45, 2.75) is 61.0 Å². The molecule has 0 spiro atoms. The van der Waals surface area contributed by atoms with Crippen LogP contribution in [-0.4, -0.2) is 17.4 Å². The number of Topliss-reactive ketones (excluding diaryl/α,β-unsaturated/α-hetero) is 1. The molecule has 0 rings (SSSR count). The van der Waals surface area contributed by atoms with Gasteiger partial charge in [0.15, 0.2) is 0 Å². The Morgan fingerprint density at radius 1 is 0.889 bits per heavy atom. The van der Waals surface area contributed by atoms with E-state index >= 15 is 0 Å². The van der Waals surface area contributed by atoms with Gasteiger partial charge in [-0.05, 0) is 39.5 Å².